The maximum Gasteiger partial charge on any atom is 0.0690 e. The van der Waals surface area contributed by atoms with E-state index in [0.29, 0.717) is 0 Å². The average molecular weight is 189 g/mol. The maximum atomic E-state index is 5.85. The van der Waals surface area contributed by atoms with E-state index in [4.69, 9.17) is 5.73 Å². The Labute approximate surface area is 83.3 Å². The van der Waals surface area contributed by atoms with E-state index in [-0.39, 0.29) is 0 Å². The maximum absolute atomic E-state index is 5.85. The largest absolute Gasteiger partial charge is 0.397 e. The Kier molecular flexibility index (Phi) is 2.41. The molecule has 0 unspecified atom stereocenters. The monoisotopic (exact) mass is 189 g/mol. The molecule has 0 bridgehead atoms. The van der Waals surface area contributed by atoms with Crippen LogP contribution in [0.1, 0.15) is 12.6 Å². The molecular formula is C11H15N3. The van der Waals surface area contributed by atoms with Crippen LogP contribution in [0.4, 0.5) is 5.69 Å². The molecule has 4 N–H and O–H groups in total. The Balaban J connectivity index is 2.36. The molecule has 2 aromatic rings. The zero-order valence-corrected chi connectivity index (χ0v) is 8.30. The molecule has 0 saturated carbocycles. The van der Waals surface area contributed by atoms with Crippen molar-refractivity contribution in [1.82, 2.24) is 10.3 Å². The number of aromatic amines is 1. The number of benzene rings is 1. The number of hydrogen-bond donors (Lipinski definition) is 3. The molecule has 3 heteroatoms. The summed E-state index contributed by atoms with van der Waals surface area (Å²) in [5.74, 6) is 0. The third kappa shape index (κ3) is 1.59. The van der Waals surface area contributed by atoms with Crippen molar-refractivity contribution in [3.8, 4) is 0 Å². The van der Waals surface area contributed by atoms with Crippen molar-refractivity contribution in [3.63, 3.8) is 0 Å². The number of hydrogen-bond acceptors (Lipinski definition) is 2. The van der Waals surface area contributed by atoms with Gasteiger partial charge in [0.2, 0.25) is 0 Å². The predicted molar refractivity (Wildman–Crippen MR) is 60.1 cm³/mol. The van der Waals surface area contributed by atoms with Crippen LogP contribution < -0.4 is 11.1 Å². The van der Waals surface area contributed by atoms with Crippen molar-refractivity contribution in [2.24, 2.45) is 0 Å². The number of nitrogens with one attached hydrogen (secondary N) is 2. The van der Waals surface area contributed by atoms with Crippen LogP contribution in [-0.2, 0) is 6.54 Å². The summed E-state index contributed by atoms with van der Waals surface area (Å²) in [6, 6.07) is 8.09. The van der Waals surface area contributed by atoms with Gasteiger partial charge in [-0.05, 0) is 18.7 Å². The zero-order chi connectivity index (χ0) is 9.97. The number of nitrogen functional groups attached to an aromatic ring is 1. The van der Waals surface area contributed by atoms with Gasteiger partial charge in [-0.3, -0.25) is 0 Å². The van der Waals surface area contributed by atoms with Gasteiger partial charge in [-0.15, -0.1) is 0 Å². The van der Waals surface area contributed by atoms with Gasteiger partial charge in [0.05, 0.1) is 11.2 Å². The van der Waals surface area contributed by atoms with Crippen LogP contribution in [0.15, 0.2) is 24.3 Å². The fourth-order valence-corrected chi connectivity index (χ4v) is 1.59. The van der Waals surface area contributed by atoms with Crippen molar-refractivity contribution in [3.05, 3.63) is 30.0 Å². The lowest BCUT2D eigenvalue weighted by Gasteiger charge is -1.97. The Morgan fingerprint density at radius 3 is 3.00 bits per heavy atom. The summed E-state index contributed by atoms with van der Waals surface area (Å²) in [6.45, 7) is 3.94. The highest BCUT2D eigenvalue weighted by Gasteiger charge is 2.01. The topological polar surface area (TPSA) is 53.8 Å². The summed E-state index contributed by atoms with van der Waals surface area (Å²) in [5, 5.41) is 4.45. The standard InChI is InChI=1S/C11H15N3/c1-2-13-7-9-6-8-4-3-5-10(12)11(8)14-9/h3-6,13-14H,2,7,12H2,1H3. The molecule has 0 radical (unpaired) electrons. The second kappa shape index (κ2) is 3.72. The molecule has 1 heterocycles. The molecule has 2 rings (SSSR count). The highest BCUT2D eigenvalue weighted by atomic mass is 14.9. The number of nitrogens with two attached hydrogens (primary N) is 1. The lowest BCUT2D eigenvalue weighted by molar-refractivity contribution is 0.715. The molecule has 1 aromatic heterocycles. The first-order chi connectivity index (χ1) is 6.81. The van der Waals surface area contributed by atoms with Gasteiger partial charge in [-0.2, -0.15) is 0 Å². The molecule has 0 aliphatic heterocycles. The van der Waals surface area contributed by atoms with Crippen LogP contribution >= 0.6 is 0 Å². The van der Waals surface area contributed by atoms with E-state index in [0.717, 1.165) is 24.3 Å². The van der Waals surface area contributed by atoms with E-state index < -0.39 is 0 Å². The van der Waals surface area contributed by atoms with Crippen molar-refractivity contribution >= 4 is 16.6 Å². The number of aromatic nitrogens is 1. The molecule has 74 valence electrons. The first-order valence-electron chi connectivity index (χ1n) is 4.88. The van der Waals surface area contributed by atoms with Gasteiger partial charge < -0.3 is 16.0 Å². The van der Waals surface area contributed by atoms with Crippen LogP contribution in [0.25, 0.3) is 10.9 Å². The summed E-state index contributed by atoms with van der Waals surface area (Å²) in [7, 11) is 0. The van der Waals surface area contributed by atoms with Crippen molar-refractivity contribution in [2.45, 2.75) is 13.5 Å². The van der Waals surface area contributed by atoms with Gasteiger partial charge in [0.15, 0.2) is 0 Å². The Hall–Kier alpha value is -1.48. The number of anilines is 1. The highest BCUT2D eigenvalue weighted by Crippen LogP contribution is 2.20. The molecule has 0 amide bonds. The van der Waals surface area contributed by atoms with Crippen LogP contribution in [0.2, 0.25) is 0 Å². The van der Waals surface area contributed by atoms with Crippen molar-refractivity contribution in [1.29, 1.82) is 0 Å². The van der Waals surface area contributed by atoms with E-state index >= 15 is 0 Å². The quantitative estimate of drug-likeness (QED) is 0.645. The number of rotatable bonds is 3. The van der Waals surface area contributed by atoms with Crippen LogP contribution in [-0.4, -0.2) is 11.5 Å². The normalized spacial score (nSPS) is 10.9. The van der Waals surface area contributed by atoms with Gasteiger partial charge >= 0.3 is 0 Å². The fraction of sp³-hybridized carbons (Fsp3) is 0.273. The third-order valence-corrected chi connectivity index (χ3v) is 2.31. The van der Waals surface area contributed by atoms with Gasteiger partial charge in [0, 0.05) is 17.6 Å². The molecule has 0 spiro atoms. The van der Waals surface area contributed by atoms with E-state index in [9.17, 15) is 0 Å². The number of H-pyrrole nitrogens is 1. The molecular weight excluding hydrogens is 174 g/mol. The van der Waals surface area contributed by atoms with Crippen LogP contribution in [0.3, 0.4) is 0 Å². The second-order valence-electron chi connectivity index (χ2n) is 3.39. The minimum absolute atomic E-state index is 0.810. The predicted octanol–water partition coefficient (Wildman–Crippen LogP) is 1.86. The summed E-state index contributed by atoms with van der Waals surface area (Å²) in [5.41, 5.74) is 8.88. The Morgan fingerprint density at radius 2 is 2.29 bits per heavy atom. The Morgan fingerprint density at radius 1 is 1.43 bits per heavy atom. The number of para-hydroxylation sites is 1. The van der Waals surface area contributed by atoms with E-state index in [2.05, 4.69) is 29.4 Å². The smallest absolute Gasteiger partial charge is 0.0690 e. The van der Waals surface area contributed by atoms with Crippen molar-refractivity contribution < 1.29 is 0 Å². The minimum atomic E-state index is 0.810. The summed E-state index contributed by atoms with van der Waals surface area (Å²) < 4.78 is 0. The van der Waals surface area contributed by atoms with Crippen LogP contribution in [0.5, 0.6) is 0 Å². The Bertz CT molecular complexity index is 431. The fourth-order valence-electron chi connectivity index (χ4n) is 1.59. The van der Waals surface area contributed by atoms with Crippen molar-refractivity contribution in [2.75, 3.05) is 12.3 Å². The molecule has 14 heavy (non-hydrogen) atoms. The first-order valence-corrected chi connectivity index (χ1v) is 4.88. The summed E-state index contributed by atoms with van der Waals surface area (Å²) >= 11 is 0. The molecule has 0 saturated heterocycles. The van der Waals surface area contributed by atoms with Crippen LogP contribution in [0, 0.1) is 0 Å². The van der Waals surface area contributed by atoms with Gasteiger partial charge in [-0.25, -0.2) is 0 Å². The lowest BCUT2D eigenvalue weighted by Crippen LogP contribution is -2.11. The molecule has 1 aromatic carbocycles. The van der Waals surface area contributed by atoms with E-state index in [1.54, 1.807) is 0 Å². The lowest BCUT2D eigenvalue weighted by atomic mass is 10.2. The molecule has 0 atom stereocenters. The second-order valence-corrected chi connectivity index (χ2v) is 3.39. The van der Waals surface area contributed by atoms with E-state index in [1.807, 2.05) is 12.1 Å². The van der Waals surface area contributed by atoms with Gasteiger partial charge in [-0.1, -0.05) is 19.1 Å². The minimum Gasteiger partial charge on any atom is -0.397 e. The summed E-state index contributed by atoms with van der Waals surface area (Å²) in [6.07, 6.45) is 0. The molecule has 0 fully saturated rings. The SMILES string of the molecule is CCNCc1cc2cccc(N)c2[nH]1. The average Bonchev–Trinajstić information content (AvgIpc) is 2.59. The number of fused-ring (bicyclic) bond motifs is 1. The van der Waals surface area contributed by atoms with Gasteiger partial charge in [0.25, 0.3) is 0 Å². The first kappa shape index (κ1) is 9.09. The molecule has 3 nitrogen and oxygen atoms in total. The third-order valence-electron chi connectivity index (χ3n) is 2.31. The van der Waals surface area contributed by atoms with Gasteiger partial charge in [0.1, 0.15) is 0 Å². The molecule has 0 aliphatic carbocycles. The zero-order valence-electron chi connectivity index (χ0n) is 8.30. The molecule has 0 aliphatic rings. The highest BCUT2D eigenvalue weighted by molar-refractivity contribution is 5.90. The van der Waals surface area contributed by atoms with E-state index in [1.165, 1.54) is 11.1 Å². The summed E-state index contributed by atoms with van der Waals surface area (Å²) in [4.78, 5) is 3.31.